The van der Waals surface area contributed by atoms with E-state index in [1.807, 2.05) is 38.1 Å². The van der Waals surface area contributed by atoms with Gasteiger partial charge in [0.05, 0.1) is 6.61 Å². The molecule has 0 bridgehead atoms. The highest BCUT2D eigenvalue weighted by atomic mass is 16.6. The molecule has 35 heavy (non-hydrogen) atoms. The second kappa shape index (κ2) is 12.1. The van der Waals surface area contributed by atoms with Crippen LogP contribution in [0.3, 0.4) is 0 Å². The molecule has 0 aromatic heterocycles. The van der Waals surface area contributed by atoms with Crippen LogP contribution in [0.15, 0.2) is 54.6 Å². The Bertz CT molecular complexity index is 948. The zero-order valence-corrected chi connectivity index (χ0v) is 20.9. The summed E-state index contributed by atoms with van der Waals surface area (Å²) in [5, 5.41) is 0. The van der Waals surface area contributed by atoms with Crippen molar-refractivity contribution < 1.29 is 19.1 Å². The number of nitrogens with zero attached hydrogens (tertiary/aromatic N) is 3. The van der Waals surface area contributed by atoms with Crippen molar-refractivity contribution in [3.8, 4) is 5.75 Å². The average Bonchev–Trinajstić information content (AvgIpc) is 2.89. The summed E-state index contributed by atoms with van der Waals surface area (Å²) in [5.74, 6) is 1.10. The largest absolute Gasteiger partial charge is 0.490 e. The first-order valence-electron chi connectivity index (χ1n) is 12.7. The Morgan fingerprint density at radius 3 is 2.11 bits per heavy atom. The number of amides is 2. The second-order valence-corrected chi connectivity index (χ2v) is 9.85. The first-order chi connectivity index (χ1) is 17.0. The monoisotopic (exact) mass is 479 g/mol. The lowest BCUT2D eigenvalue weighted by Gasteiger charge is -2.34. The van der Waals surface area contributed by atoms with Gasteiger partial charge in [-0.3, -0.25) is 9.69 Å². The number of rotatable bonds is 7. The van der Waals surface area contributed by atoms with Crippen LogP contribution >= 0.6 is 0 Å². The number of carbonyl (C=O) groups is 2. The van der Waals surface area contributed by atoms with Crippen molar-refractivity contribution in [2.24, 2.45) is 5.92 Å². The molecular weight excluding hydrogens is 442 g/mol. The molecule has 2 aliphatic rings. The number of likely N-dealkylation sites (tertiary alicyclic amines) is 1. The summed E-state index contributed by atoms with van der Waals surface area (Å²) in [7, 11) is 0. The summed E-state index contributed by atoms with van der Waals surface area (Å²) in [6, 6.07) is 18.0. The summed E-state index contributed by atoms with van der Waals surface area (Å²) >= 11 is 0. The molecule has 0 atom stereocenters. The molecular formula is C28H37N3O4. The van der Waals surface area contributed by atoms with Gasteiger partial charge in [-0.15, -0.1) is 0 Å². The van der Waals surface area contributed by atoms with Gasteiger partial charge in [0.2, 0.25) is 0 Å². The van der Waals surface area contributed by atoms with E-state index < -0.39 is 0 Å². The third kappa shape index (κ3) is 7.21. The Morgan fingerprint density at radius 2 is 1.49 bits per heavy atom. The molecule has 2 saturated heterocycles. The van der Waals surface area contributed by atoms with E-state index >= 15 is 0 Å². The Morgan fingerprint density at radius 1 is 0.857 bits per heavy atom. The van der Waals surface area contributed by atoms with Crippen molar-refractivity contribution in [3.05, 3.63) is 65.7 Å². The van der Waals surface area contributed by atoms with Gasteiger partial charge in [0.1, 0.15) is 11.9 Å². The normalized spacial score (nSPS) is 17.5. The molecule has 0 unspecified atom stereocenters. The molecule has 2 fully saturated rings. The van der Waals surface area contributed by atoms with Crippen LogP contribution in [-0.2, 0) is 11.3 Å². The van der Waals surface area contributed by atoms with E-state index in [9.17, 15) is 9.59 Å². The first kappa shape index (κ1) is 25.0. The highest BCUT2D eigenvalue weighted by Gasteiger charge is 2.26. The number of hydrogen-bond acceptors (Lipinski definition) is 5. The first-order valence-corrected chi connectivity index (χ1v) is 12.7. The maximum absolute atomic E-state index is 12.9. The summed E-state index contributed by atoms with van der Waals surface area (Å²) < 4.78 is 11.5. The van der Waals surface area contributed by atoms with Gasteiger partial charge in [-0.2, -0.15) is 0 Å². The Kier molecular flexibility index (Phi) is 8.64. The van der Waals surface area contributed by atoms with Gasteiger partial charge in [0, 0.05) is 51.4 Å². The molecule has 2 amide bonds. The van der Waals surface area contributed by atoms with E-state index in [-0.39, 0.29) is 18.1 Å². The smallest absolute Gasteiger partial charge is 0.409 e. The molecule has 4 rings (SSSR count). The topological polar surface area (TPSA) is 62.3 Å². The fourth-order valence-corrected chi connectivity index (χ4v) is 4.50. The van der Waals surface area contributed by atoms with Gasteiger partial charge in [0.25, 0.3) is 5.91 Å². The maximum atomic E-state index is 12.9. The summed E-state index contributed by atoms with van der Waals surface area (Å²) in [5.41, 5.74) is 1.99. The van der Waals surface area contributed by atoms with Crippen molar-refractivity contribution in [3.63, 3.8) is 0 Å². The SMILES string of the molecule is CC(C)COC(=O)N1CCN(C(=O)c2ccc(OC3CCN(Cc4ccccc4)CC3)cc2)CC1. The zero-order valence-electron chi connectivity index (χ0n) is 20.9. The maximum Gasteiger partial charge on any atom is 0.409 e. The van der Waals surface area contributed by atoms with Crippen molar-refractivity contribution in [1.29, 1.82) is 0 Å². The lowest BCUT2D eigenvalue weighted by atomic mass is 10.1. The van der Waals surface area contributed by atoms with Crippen LogP contribution in [0.2, 0.25) is 0 Å². The molecule has 2 heterocycles. The van der Waals surface area contributed by atoms with E-state index in [2.05, 4.69) is 35.2 Å². The molecule has 2 aliphatic heterocycles. The number of ether oxygens (including phenoxy) is 2. The van der Waals surface area contributed by atoms with E-state index in [1.54, 1.807) is 9.80 Å². The molecule has 2 aromatic rings. The third-order valence-electron chi connectivity index (χ3n) is 6.55. The van der Waals surface area contributed by atoms with Crippen LogP contribution in [0.25, 0.3) is 0 Å². The predicted molar refractivity (Wildman–Crippen MR) is 135 cm³/mol. The molecule has 7 heteroatoms. The van der Waals surface area contributed by atoms with Crippen LogP contribution < -0.4 is 4.74 Å². The van der Waals surface area contributed by atoms with E-state index in [0.717, 1.165) is 38.2 Å². The fraction of sp³-hybridized carbons (Fsp3) is 0.500. The van der Waals surface area contributed by atoms with Crippen molar-refractivity contribution in [2.75, 3.05) is 45.9 Å². The third-order valence-corrected chi connectivity index (χ3v) is 6.55. The Balaban J connectivity index is 1.20. The molecule has 0 radical (unpaired) electrons. The summed E-state index contributed by atoms with van der Waals surface area (Å²) in [4.78, 5) is 31.0. The van der Waals surface area contributed by atoms with E-state index in [1.165, 1.54) is 5.56 Å². The van der Waals surface area contributed by atoms with Crippen LogP contribution in [-0.4, -0.2) is 78.7 Å². The van der Waals surface area contributed by atoms with E-state index in [4.69, 9.17) is 9.47 Å². The fourth-order valence-electron chi connectivity index (χ4n) is 4.50. The minimum Gasteiger partial charge on any atom is -0.490 e. The van der Waals surface area contributed by atoms with Crippen molar-refractivity contribution in [2.45, 2.75) is 39.3 Å². The molecule has 0 saturated carbocycles. The predicted octanol–water partition coefficient (Wildman–Crippen LogP) is 4.28. The quantitative estimate of drug-likeness (QED) is 0.593. The van der Waals surface area contributed by atoms with Crippen molar-refractivity contribution in [1.82, 2.24) is 14.7 Å². The van der Waals surface area contributed by atoms with Crippen LogP contribution in [0.4, 0.5) is 4.79 Å². The highest BCUT2D eigenvalue weighted by molar-refractivity contribution is 5.94. The molecule has 2 aromatic carbocycles. The molecule has 188 valence electrons. The molecule has 0 aliphatic carbocycles. The van der Waals surface area contributed by atoms with Gasteiger partial charge >= 0.3 is 6.09 Å². The minimum absolute atomic E-state index is 0.0130. The Hall–Kier alpha value is -3.06. The van der Waals surface area contributed by atoms with Crippen molar-refractivity contribution >= 4 is 12.0 Å². The summed E-state index contributed by atoms with van der Waals surface area (Å²) in [6.07, 6.45) is 1.90. The standard InChI is InChI=1S/C28H37N3O4/c1-22(2)21-34-28(33)31-18-16-30(17-19-31)27(32)24-8-10-25(11-9-24)35-26-12-14-29(15-13-26)20-23-6-4-3-5-7-23/h3-11,22,26H,12-21H2,1-2H3. The molecule has 0 N–H and O–H groups in total. The lowest BCUT2D eigenvalue weighted by Crippen LogP contribution is -2.50. The second-order valence-electron chi connectivity index (χ2n) is 9.85. The highest BCUT2D eigenvalue weighted by Crippen LogP contribution is 2.21. The molecule has 0 spiro atoms. The zero-order chi connectivity index (χ0) is 24.6. The number of hydrogen-bond donors (Lipinski definition) is 0. The number of piperazine rings is 1. The molecule has 7 nitrogen and oxygen atoms in total. The number of carbonyl (C=O) groups excluding carboxylic acids is 2. The average molecular weight is 480 g/mol. The van der Waals surface area contributed by atoms with Gasteiger partial charge in [-0.25, -0.2) is 4.79 Å². The Labute approximate surface area is 208 Å². The van der Waals surface area contributed by atoms with Crippen LogP contribution in [0.1, 0.15) is 42.6 Å². The minimum atomic E-state index is -0.293. The van der Waals surface area contributed by atoms with E-state index in [0.29, 0.717) is 44.3 Å². The number of benzene rings is 2. The van der Waals surface area contributed by atoms with Crippen LogP contribution in [0, 0.1) is 5.92 Å². The lowest BCUT2D eigenvalue weighted by molar-refractivity contribution is 0.0535. The summed E-state index contributed by atoms with van der Waals surface area (Å²) in [6.45, 7) is 9.47. The van der Waals surface area contributed by atoms with Gasteiger partial charge < -0.3 is 19.3 Å². The van der Waals surface area contributed by atoms with Crippen LogP contribution in [0.5, 0.6) is 5.75 Å². The van der Waals surface area contributed by atoms with Gasteiger partial charge in [-0.05, 0) is 48.6 Å². The number of piperidine rings is 1. The van der Waals surface area contributed by atoms with Gasteiger partial charge in [-0.1, -0.05) is 44.2 Å². The van der Waals surface area contributed by atoms with Gasteiger partial charge in [0.15, 0.2) is 0 Å².